The highest BCUT2D eigenvalue weighted by atomic mass is 16.6. The molecule has 2 aromatic heterocycles. The first-order valence-corrected chi connectivity index (χ1v) is 13.1. The second-order valence-electron chi connectivity index (χ2n) is 9.20. The Balaban J connectivity index is 1.31. The van der Waals surface area contributed by atoms with Crippen LogP contribution in [0.4, 0.5) is 5.69 Å². The van der Waals surface area contributed by atoms with Crippen molar-refractivity contribution in [3.8, 4) is 17.2 Å². The number of carbonyl (C=O) groups is 2. The van der Waals surface area contributed by atoms with Gasteiger partial charge in [0, 0.05) is 28.7 Å². The molecule has 1 N–H and O–H groups in total. The van der Waals surface area contributed by atoms with E-state index in [0.29, 0.717) is 17.1 Å². The van der Waals surface area contributed by atoms with Gasteiger partial charge in [-0.25, -0.2) is 10.2 Å². The van der Waals surface area contributed by atoms with Crippen LogP contribution in [-0.2, 0) is 16.1 Å². The molecule has 0 fully saturated rings. The van der Waals surface area contributed by atoms with Crippen LogP contribution in [0.25, 0.3) is 5.69 Å². The van der Waals surface area contributed by atoms with Gasteiger partial charge in [-0.15, -0.1) is 0 Å². The molecule has 1 atom stereocenters. The third kappa shape index (κ3) is 7.22. The first-order valence-electron chi connectivity index (χ1n) is 13.1. The molecule has 2 heterocycles. The summed E-state index contributed by atoms with van der Waals surface area (Å²) in [5, 5.41) is 15.4. The summed E-state index contributed by atoms with van der Waals surface area (Å²) < 4.78 is 23.8. The van der Waals surface area contributed by atoms with Gasteiger partial charge in [-0.2, -0.15) is 5.10 Å². The van der Waals surface area contributed by atoms with E-state index < -0.39 is 22.9 Å². The van der Waals surface area contributed by atoms with Gasteiger partial charge in [-0.1, -0.05) is 0 Å². The Bertz CT molecular complexity index is 1580. The number of esters is 1. The van der Waals surface area contributed by atoms with Crippen molar-refractivity contribution in [3.63, 3.8) is 0 Å². The van der Waals surface area contributed by atoms with E-state index in [4.69, 9.17) is 18.6 Å². The first-order chi connectivity index (χ1) is 20.2. The molecule has 1 amide bonds. The van der Waals surface area contributed by atoms with Crippen LogP contribution in [0.15, 0.2) is 76.2 Å². The van der Waals surface area contributed by atoms with Gasteiger partial charge in [0.25, 0.3) is 0 Å². The van der Waals surface area contributed by atoms with Gasteiger partial charge in [-0.05, 0) is 88.4 Å². The van der Waals surface area contributed by atoms with Crippen molar-refractivity contribution < 1.29 is 33.1 Å². The molecule has 4 aromatic rings. The maximum Gasteiger partial charge on any atom is 0.347 e. The number of ether oxygens (including phenoxy) is 3. The Labute approximate surface area is 241 Å². The van der Waals surface area contributed by atoms with E-state index in [1.54, 1.807) is 13.0 Å². The summed E-state index contributed by atoms with van der Waals surface area (Å²) >= 11 is 0. The van der Waals surface area contributed by atoms with Crippen molar-refractivity contribution in [2.45, 2.75) is 40.4 Å². The highest BCUT2D eigenvalue weighted by Gasteiger charge is 2.22. The molecule has 4 rings (SSSR count). The quantitative estimate of drug-likeness (QED) is 0.104. The third-order valence-corrected chi connectivity index (χ3v) is 6.11. The van der Waals surface area contributed by atoms with Gasteiger partial charge in [-0.3, -0.25) is 14.9 Å². The molecule has 2 aromatic carbocycles. The van der Waals surface area contributed by atoms with Gasteiger partial charge < -0.3 is 23.2 Å². The van der Waals surface area contributed by atoms with Crippen molar-refractivity contribution in [2.24, 2.45) is 5.10 Å². The number of nitro groups is 1. The summed E-state index contributed by atoms with van der Waals surface area (Å²) in [6, 6.07) is 18.9. The molecule has 218 valence electrons. The number of hydrazone groups is 1. The molecule has 0 unspecified atom stereocenters. The van der Waals surface area contributed by atoms with Crippen LogP contribution >= 0.6 is 0 Å². The van der Waals surface area contributed by atoms with Crippen molar-refractivity contribution in [2.75, 3.05) is 6.61 Å². The lowest BCUT2D eigenvalue weighted by Gasteiger charge is -2.13. The number of aryl methyl sites for hydroxylation is 2. The highest BCUT2D eigenvalue weighted by molar-refractivity contribution is 5.92. The minimum atomic E-state index is -1.03. The van der Waals surface area contributed by atoms with Crippen LogP contribution in [-0.4, -0.2) is 40.3 Å². The van der Waals surface area contributed by atoms with Crippen LogP contribution in [0.5, 0.6) is 11.5 Å². The summed E-state index contributed by atoms with van der Waals surface area (Å²) in [7, 11) is 0. The molecule has 12 heteroatoms. The number of amides is 1. The zero-order valence-electron chi connectivity index (χ0n) is 23.5. The van der Waals surface area contributed by atoms with Gasteiger partial charge in [0.2, 0.25) is 0 Å². The van der Waals surface area contributed by atoms with Crippen molar-refractivity contribution >= 4 is 23.8 Å². The predicted octanol–water partition coefficient (Wildman–Crippen LogP) is 5.27. The predicted molar refractivity (Wildman–Crippen MR) is 153 cm³/mol. The van der Waals surface area contributed by atoms with Crippen molar-refractivity contribution in [1.82, 2.24) is 9.99 Å². The zero-order valence-corrected chi connectivity index (χ0v) is 23.5. The molecule has 0 saturated carbocycles. The number of hydrogen-bond donors (Lipinski definition) is 1. The monoisotopic (exact) mass is 574 g/mol. The number of carbonyl (C=O) groups excluding carboxylic acids is 2. The molecular formula is C30H30N4O8. The molecular weight excluding hydrogens is 544 g/mol. The smallest absolute Gasteiger partial charge is 0.347 e. The SMILES string of the molecule is CCOC(=O)[C@@H](C)Oc1ccc(/C=N/NC(=O)c2ccc(COc3ccc(-n4c(C)ccc4C)cc3)o2)cc1[N+](=O)[O-]. The third-order valence-electron chi connectivity index (χ3n) is 6.11. The van der Waals surface area contributed by atoms with Crippen LogP contribution in [0.2, 0.25) is 0 Å². The molecule has 0 aliphatic rings. The molecule has 42 heavy (non-hydrogen) atoms. The summed E-state index contributed by atoms with van der Waals surface area (Å²) in [6.07, 6.45) is 0.201. The molecule has 0 aliphatic heterocycles. The fraction of sp³-hybridized carbons (Fsp3) is 0.233. The summed E-state index contributed by atoms with van der Waals surface area (Å²) in [6.45, 7) is 7.44. The maximum atomic E-state index is 12.5. The Hall–Kier alpha value is -5.39. The summed E-state index contributed by atoms with van der Waals surface area (Å²) in [5.74, 6) is -0.253. The minimum Gasteiger partial charge on any atom is -0.486 e. The van der Waals surface area contributed by atoms with Crippen LogP contribution in [0, 0.1) is 24.0 Å². The lowest BCUT2D eigenvalue weighted by molar-refractivity contribution is -0.386. The van der Waals surface area contributed by atoms with Crippen LogP contribution < -0.4 is 14.9 Å². The zero-order chi connectivity index (χ0) is 30.2. The number of nitro benzene ring substituents is 1. The van der Waals surface area contributed by atoms with Gasteiger partial charge >= 0.3 is 17.6 Å². The number of benzene rings is 2. The Morgan fingerprint density at radius 1 is 1.07 bits per heavy atom. The standard InChI is InChI=1S/C30H30N4O8/c1-5-39-30(36)21(4)41-27-14-8-22(16-26(27)34(37)38)17-31-32-29(35)28-15-13-25(42-28)18-40-24-11-9-23(10-12-24)33-19(2)6-7-20(33)3/h6-17,21H,5,18H2,1-4H3,(H,32,35)/b31-17+/t21-/m1/s1. The fourth-order valence-electron chi connectivity index (χ4n) is 4.07. The average molecular weight is 575 g/mol. The Morgan fingerprint density at radius 2 is 1.79 bits per heavy atom. The lowest BCUT2D eigenvalue weighted by Crippen LogP contribution is -2.26. The normalized spacial score (nSPS) is 11.7. The molecule has 0 bridgehead atoms. The number of rotatable bonds is 12. The molecule has 0 saturated heterocycles. The van der Waals surface area contributed by atoms with Crippen molar-refractivity contribution in [3.05, 3.63) is 105 Å². The second-order valence-corrected chi connectivity index (χ2v) is 9.20. The van der Waals surface area contributed by atoms with E-state index in [2.05, 4.69) is 27.2 Å². The molecule has 12 nitrogen and oxygen atoms in total. The lowest BCUT2D eigenvalue weighted by atomic mass is 10.2. The van der Waals surface area contributed by atoms with E-state index in [1.165, 1.54) is 37.4 Å². The Morgan fingerprint density at radius 3 is 2.45 bits per heavy atom. The highest BCUT2D eigenvalue weighted by Crippen LogP contribution is 2.28. The second kappa shape index (κ2) is 13.3. The summed E-state index contributed by atoms with van der Waals surface area (Å²) in [5.41, 5.74) is 5.57. The van der Waals surface area contributed by atoms with E-state index in [9.17, 15) is 19.7 Å². The molecule has 0 aliphatic carbocycles. The van der Waals surface area contributed by atoms with E-state index in [-0.39, 0.29) is 30.4 Å². The fourth-order valence-corrected chi connectivity index (χ4v) is 4.07. The number of furan rings is 1. The number of nitrogens with one attached hydrogen (secondary N) is 1. The average Bonchev–Trinajstić information content (AvgIpc) is 3.59. The number of aromatic nitrogens is 1. The summed E-state index contributed by atoms with van der Waals surface area (Å²) in [4.78, 5) is 35.1. The maximum absolute atomic E-state index is 12.5. The van der Waals surface area contributed by atoms with Crippen molar-refractivity contribution in [1.29, 1.82) is 0 Å². The van der Waals surface area contributed by atoms with E-state index >= 15 is 0 Å². The number of nitrogens with zero attached hydrogens (tertiary/aromatic N) is 3. The topological polar surface area (TPSA) is 147 Å². The van der Waals surface area contributed by atoms with Crippen LogP contribution in [0.1, 0.15) is 47.1 Å². The van der Waals surface area contributed by atoms with E-state index in [1.807, 2.05) is 38.1 Å². The first kappa shape index (κ1) is 29.6. The number of hydrogen-bond acceptors (Lipinski definition) is 9. The van der Waals surface area contributed by atoms with Crippen LogP contribution in [0.3, 0.4) is 0 Å². The Kier molecular flexibility index (Phi) is 9.38. The largest absolute Gasteiger partial charge is 0.486 e. The van der Waals surface area contributed by atoms with Gasteiger partial charge in [0.05, 0.1) is 17.7 Å². The molecule has 0 radical (unpaired) electrons. The van der Waals surface area contributed by atoms with E-state index in [0.717, 1.165) is 17.1 Å². The molecule has 0 spiro atoms. The minimum absolute atomic E-state index is 0.0161. The van der Waals surface area contributed by atoms with Gasteiger partial charge in [0.1, 0.15) is 18.1 Å². The van der Waals surface area contributed by atoms with Gasteiger partial charge in [0.15, 0.2) is 17.6 Å².